The number of ether oxygens (including phenoxy) is 1. The molecule has 0 spiro atoms. The van der Waals surface area contributed by atoms with Gasteiger partial charge in [0.2, 0.25) is 0 Å². The lowest BCUT2D eigenvalue weighted by molar-refractivity contribution is 0.0516. The molecule has 0 aromatic carbocycles. The smallest absolute Gasteiger partial charge is 0.359 e. The average molecular weight is 224 g/mol. The minimum Gasteiger partial charge on any atom is -0.461 e. The molecule has 0 N–H and O–H groups in total. The summed E-state index contributed by atoms with van der Waals surface area (Å²) in [4.78, 5) is 11.7. The highest BCUT2D eigenvalue weighted by atomic mass is 16.5. The summed E-state index contributed by atoms with van der Waals surface area (Å²) in [7, 11) is 0. The Morgan fingerprint density at radius 1 is 1.44 bits per heavy atom. The molecule has 0 atom stereocenters. The van der Waals surface area contributed by atoms with Crippen molar-refractivity contribution in [1.29, 1.82) is 0 Å². The summed E-state index contributed by atoms with van der Waals surface area (Å²) in [5, 5.41) is 4.31. The van der Waals surface area contributed by atoms with E-state index in [1.165, 1.54) is 0 Å². The molecule has 0 fully saturated rings. The van der Waals surface area contributed by atoms with Gasteiger partial charge in [0.15, 0.2) is 5.69 Å². The van der Waals surface area contributed by atoms with Crippen molar-refractivity contribution in [3.8, 4) is 0 Å². The number of esters is 1. The first kappa shape index (κ1) is 12.7. The molecule has 0 aliphatic heterocycles. The largest absolute Gasteiger partial charge is 0.461 e. The quantitative estimate of drug-likeness (QED) is 0.740. The number of hydrogen-bond acceptors (Lipinski definition) is 3. The second-order valence-electron chi connectivity index (χ2n) is 4.69. The Hall–Kier alpha value is -1.32. The lowest BCUT2D eigenvalue weighted by Crippen LogP contribution is -2.22. The summed E-state index contributed by atoms with van der Waals surface area (Å²) in [6.07, 6.45) is 2.70. The van der Waals surface area contributed by atoms with E-state index in [1.807, 2.05) is 38.6 Å². The van der Waals surface area contributed by atoms with Crippen LogP contribution in [0.15, 0.2) is 6.20 Å². The maximum Gasteiger partial charge on any atom is 0.359 e. The third kappa shape index (κ3) is 2.62. The van der Waals surface area contributed by atoms with Gasteiger partial charge in [0.05, 0.1) is 12.1 Å². The van der Waals surface area contributed by atoms with Crippen molar-refractivity contribution in [2.75, 3.05) is 6.61 Å². The van der Waals surface area contributed by atoms with E-state index in [9.17, 15) is 4.79 Å². The predicted octanol–water partition coefficient (Wildman–Crippen LogP) is 2.38. The Labute approximate surface area is 96.6 Å². The number of nitrogens with zero attached hydrogens (tertiary/aromatic N) is 2. The first-order valence-corrected chi connectivity index (χ1v) is 5.66. The fraction of sp³-hybridized carbons (Fsp3) is 0.667. The van der Waals surface area contributed by atoms with Gasteiger partial charge in [-0.25, -0.2) is 4.79 Å². The van der Waals surface area contributed by atoms with Crippen molar-refractivity contribution in [2.45, 2.75) is 46.6 Å². The predicted molar refractivity (Wildman–Crippen MR) is 62.6 cm³/mol. The van der Waals surface area contributed by atoms with Crippen LogP contribution in [0.5, 0.6) is 0 Å². The zero-order chi connectivity index (χ0) is 12.3. The van der Waals surface area contributed by atoms with E-state index in [-0.39, 0.29) is 11.5 Å². The van der Waals surface area contributed by atoms with Crippen LogP contribution in [0.25, 0.3) is 0 Å². The van der Waals surface area contributed by atoms with Crippen molar-refractivity contribution >= 4 is 5.97 Å². The third-order valence-electron chi connectivity index (χ3n) is 2.33. The maximum absolute atomic E-state index is 11.7. The number of carbonyl (C=O) groups excluding carboxylic acids is 1. The fourth-order valence-corrected chi connectivity index (χ4v) is 1.38. The van der Waals surface area contributed by atoms with Crippen LogP contribution in [-0.4, -0.2) is 22.4 Å². The molecule has 4 nitrogen and oxygen atoms in total. The van der Waals surface area contributed by atoms with Gasteiger partial charge < -0.3 is 4.74 Å². The van der Waals surface area contributed by atoms with Crippen LogP contribution in [0.2, 0.25) is 0 Å². The highest BCUT2D eigenvalue weighted by Gasteiger charge is 2.21. The number of aromatic nitrogens is 2. The third-order valence-corrected chi connectivity index (χ3v) is 2.33. The molecule has 1 aromatic rings. The molecule has 0 aliphatic rings. The highest BCUT2D eigenvalue weighted by Crippen LogP contribution is 2.17. The first-order chi connectivity index (χ1) is 7.40. The Bertz CT molecular complexity index is 375. The average Bonchev–Trinajstić information content (AvgIpc) is 2.61. The molecule has 4 heteroatoms. The van der Waals surface area contributed by atoms with Crippen LogP contribution in [0.1, 0.15) is 50.7 Å². The molecule has 1 heterocycles. The summed E-state index contributed by atoms with van der Waals surface area (Å²) in [5.74, 6) is -0.331. The minimum atomic E-state index is -0.331. The lowest BCUT2D eigenvalue weighted by Gasteiger charge is -2.18. The van der Waals surface area contributed by atoms with Crippen molar-refractivity contribution in [3.05, 3.63) is 17.5 Å². The van der Waals surface area contributed by atoms with Crippen LogP contribution < -0.4 is 0 Å². The van der Waals surface area contributed by atoms with E-state index in [1.54, 1.807) is 6.92 Å². The van der Waals surface area contributed by atoms with Crippen LogP contribution in [0.3, 0.4) is 0 Å². The molecule has 16 heavy (non-hydrogen) atoms. The number of carbonyl (C=O) groups is 1. The molecule has 0 saturated heterocycles. The van der Waals surface area contributed by atoms with E-state index in [0.717, 1.165) is 12.0 Å². The van der Waals surface area contributed by atoms with E-state index in [0.29, 0.717) is 12.3 Å². The van der Waals surface area contributed by atoms with Gasteiger partial charge in [-0.15, -0.1) is 0 Å². The fourth-order valence-electron chi connectivity index (χ4n) is 1.38. The van der Waals surface area contributed by atoms with Crippen LogP contribution in [0.4, 0.5) is 0 Å². The van der Waals surface area contributed by atoms with Gasteiger partial charge in [-0.3, -0.25) is 4.68 Å². The molecule has 0 amide bonds. The molecular formula is C12H20N2O2. The molecule has 1 rings (SSSR count). The molecule has 0 aliphatic carbocycles. The maximum atomic E-state index is 11.7. The van der Waals surface area contributed by atoms with Crippen molar-refractivity contribution < 1.29 is 9.53 Å². The molecule has 1 aromatic heterocycles. The Morgan fingerprint density at radius 2 is 2.06 bits per heavy atom. The van der Waals surface area contributed by atoms with Crippen molar-refractivity contribution in [2.24, 2.45) is 0 Å². The zero-order valence-electron chi connectivity index (χ0n) is 10.7. The second kappa shape index (κ2) is 4.68. The summed E-state index contributed by atoms with van der Waals surface area (Å²) in [6, 6.07) is 0. The normalized spacial score (nSPS) is 11.6. The Balaban J connectivity index is 3.09. The SMILES string of the molecule is CCOC(=O)c1nn(C(C)(C)C)cc1CC. The van der Waals surface area contributed by atoms with Gasteiger partial charge >= 0.3 is 5.97 Å². The van der Waals surface area contributed by atoms with Crippen LogP contribution in [-0.2, 0) is 16.7 Å². The number of rotatable bonds is 3. The van der Waals surface area contributed by atoms with Crippen LogP contribution >= 0.6 is 0 Å². The molecule has 90 valence electrons. The van der Waals surface area contributed by atoms with E-state index in [2.05, 4.69) is 5.10 Å². The topological polar surface area (TPSA) is 44.1 Å². The van der Waals surface area contributed by atoms with Gasteiger partial charge in [-0.2, -0.15) is 5.10 Å². The minimum absolute atomic E-state index is 0.116. The first-order valence-electron chi connectivity index (χ1n) is 5.66. The molecule has 0 radical (unpaired) electrons. The molecule has 0 saturated carbocycles. The van der Waals surface area contributed by atoms with Crippen molar-refractivity contribution in [1.82, 2.24) is 9.78 Å². The summed E-state index contributed by atoms with van der Waals surface area (Å²) < 4.78 is 6.80. The second-order valence-corrected chi connectivity index (χ2v) is 4.69. The molecule has 0 bridgehead atoms. The van der Waals surface area contributed by atoms with E-state index in [4.69, 9.17) is 4.74 Å². The summed E-state index contributed by atoms with van der Waals surface area (Å²) in [6.45, 7) is 10.3. The lowest BCUT2D eigenvalue weighted by atomic mass is 10.1. The number of aryl methyl sites for hydroxylation is 1. The van der Waals surface area contributed by atoms with Gasteiger partial charge in [0.1, 0.15) is 0 Å². The molecular weight excluding hydrogens is 204 g/mol. The Morgan fingerprint density at radius 3 is 2.50 bits per heavy atom. The van der Waals surface area contributed by atoms with Crippen molar-refractivity contribution in [3.63, 3.8) is 0 Å². The van der Waals surface area contributed by atoms with E-state index >= 15 is 0 Å². The highest BCUT2D eigenvalue weighted by molar-refractivity contribution is 5.88. The van der Waals surface area contributed by atoms with Crippen LogP contribution in [0, 0.1) is 0 Å². The molecule has 0 unspecified atom stereocenters. The van der Waals surface area contributed by atoms with Gasteiger partial charge in [-0.05, 0) is 34.1 Å². The van der Waals surface area contributed by atoms with Gasteiger partial charge in [-0.1, -0.05) is 6.92 Å². The zero-order valence-corrected chi connectivity index (χ0v) is 10.7. The van der Waals surface area contributed by atoms with Gasteiger partial charge in [0.25, 0.3) is 0 Å². The van der Waals surface area contributed by atoms with Gasteiger partial charge in [0, 0.05) is 11.8 Å². The summed E-state index contributed by atoms with van der Waals surface area (Å²) >= 11 is 0. The standard InChI is InChI=1S/C12H20N2O2/c1-6-9-8-14(12(3,4)5)13-10(9)11(15)16-7-2/h8H,6-7H2,1-5H3. The monoisotopic (exact) mass is 224 g/mol. The number of hydrogen-bond donors (Lipinski definition) is 0. The van der Waals surface area contributed by atoms with E-state index < -0.39 is 0 Å². The summed E-state index contributed by atoms with van der Waals surface area (Å²) in [5.41, 5.74) is 1.27. The Kier molecular flexibility index (Phi) is 3.73.